The van der Waals surface area contributed by atoms with E-state index in [2.05, 4.69) is 11.4 Å². The molecular formula is C16H25N3O2. The molecule has 0 atom stereocenters. The van der Waals surface area contributed by atoms with Gasteiger partial charge in [-0.25, -0.2) is 4.79 Å². The van der Waals surface area contributed by atoms with Gasteiger partial charge < -0.3 is 4.90 Å². The van der Waals surface area contributed by atoms with E-state index in [4.69, 9.17) is 5.26 Å². The first-order valence-electron chi connectivity index (χ1n) is 7.96. The Bertz CT molecular complexity index is 459. The maximum Gasteiger partial charge on any atom is 0.325 e. The zero-order valence-corrected chi connectivity index (χ0v) is 13.1. The maximum atomic E-state index is 12.2. The van der Waals surface area contributed by atoms with Crippen molar-refractivity contribution in [2.24, 2.45) is 5.41 Å². The monoisotopic (exact) mass is 291 g/mol. The van der Waals surface area contributed by atoms with Gasteiger partial charge in [0.1, 0.15) is 5.54 Å². The summed E-state index contributed by atoms with van der Waals surface area (Å²) in [6.45, 7) is 4.47. The Kier molecular flexibility index (Phi) is 4.55. The van der Waals surface area contributed by atoms with Crippen molar-refractivity contribution in [2.45, 2.75) is 70.8 Å². The highest BCUT2D eigenvalue weighted by Crippen LogP contribution is 2.37. The van der Waals surface area contributed by atoms with Crippen LogP contribution >= 0.6 is 0 Å². The van der Waals surface area contributed by atoms with Gasteiger partial charge in [0.05, 0.1) is 11.5 Å². The molecule has 1 spiro atoms. The van der Waals surface area contributed by atoms with Gasteiger partial charge in [-0.2, -0.15) is 5.26 Å². The standard InChI is InChI=1S/C16H25N3O2/c1-15(2,12-17)8-6-7-11-19-14(21)18-13(20)16(19)9-4-3-5-10-16/h3-11H2,1-2H3,(H,18,20,21). The number of amides is 3. The molecule has 0 aromatic heterocycles. The van der Waals surface area contributed by atoms with Crippen LogP contribution in [-0.2, 0) is 4.79 Å². The maximum absolute atomic E-state index is 12.2. The molecule has 0 aromatic rings. The van der Waals surface area contributed by atoms with Gasteiger partial charge in [-0.1, -0.05) is 25.7 Å². The van der Waals surface area contributed by atoms with Crippen molar-refractivity contribution in [2.75, 3.05) is 6.54 Å². The lowest BCUT2D eigenvalue weighted by atomic mass is 9.80. The quantitative estimate of drug-likeness (QED) is 0.625. The van der Waals surface area contributed by atoms with Crippen LogP contribution in [0.25, 0.3) is 0 Å². The van der Waals surface area contributed by atoms with Crippen LogP contribution in [0.5, 0.6) is 0 Å². The highest BCUT2D eigenvalue weighted by molar-refractivity contribution is 6.07. The fourth-order valence-corrected chi connectivity index (χ4v) is 3.44. The second-order valence-corrected chi connectivity index (χ2v) is 6.96. The summed E-state index contributed by atoms with van der Waals surface area (Å²) in [6, 6.07) is 2.06. The van der Waals surface area contributed by atoms with E-state index in [9.17, 15) is 9.59 Å². The van der Waals surface area contributed by atoms with Crippen molar-refractivity contribution in [3.63, 3.8) is 0 Å². The highest BCUT2D eigenvalue weighted by atomic mass is 16.2. The van der Waals surface area contributed by atoms with Crippen molar-refractivity contribution in [3.05, 3.63) is 0 Å². The van der Waals surface area contributed by atoms with Crippen LogP contribution in [0.2, 0.25) is 0 Å². The second kappa shape index (κ2) is 6.05. The van der Waals surface area contributed by atoms with Gasteiger partial charge in [0.25, 0.3) is 5.91 Å². The molecule has 0 unspecified atom stereocenters. The van der Waals surface area contributed by atoms with Crippen molar-refractivity contribution < 1.29 is 9.59 Å². The smallest absolute Gasteiger partial charge is 0.310 e. The number of imide groups is 1. The van der Waals surface area contributed by atoms with E-state index in [0.29, 0.717) is 6.54 Å². The summed E-state index contributed by atoms with van der Waals surface area (Å²) >= 11 is 0. The first kappa shape index (κ1) is 15.8. The first-order chi connectivity index (χ1) is 9.91. The third-order valence-electron chi connectivity index (χ3n) is 4.82. The molecule has 0 aromatic carbocycles. The zero-order valence-electron chi connectivity index (χ0n) is 13.1. The van der Waals surface area contributed by atoms with Crippen molar-refractivity contribution in [1.29, 1.82) is 5.26 Å². The van der Waals surface area contributed by atoms with Crippen molar-refractivity contribution in [3.8, 4) is 6.07 Å². The predicted molar refractivity (Wildman–Crippen MR) is 79.3 cm³/mol. The Morgan fingerprint density at radius 3 is 2.52 bits per heavy atom. The molecule has 2 aliphatic rings. The van der Waals surface area contributed by atoms with Gasteiger partial charge in [0.2, 0.25) is 0 Å². The average Bonchev–Trinajstić information content (AvgIpc) is 2.68. The van der Waals surface area contributed by atoms with Crippen LogP contribution in [0.15, 0.2) is 0 Å². The molecular weight excluding hydrogens is 266 g/mol. The molecule has 2 fully saturated rings. The molecule has 1 N–H and O–H groups in total. The molecule has 1 aliphatic heterocycles. The summed E-state index contributed by atoms with van der Waals surface area (Å²) in [5.74, 6) is -0.107. The van der Waals surface area contributed by atoms with Crippen LogP contribution in [0.3, 0.4) is 0 Å². The molecule has 5 heteroatoms. The molecule has 2 rings (SSSR count). The lowest BCUT2D eigenvalue weighted by Gasteiger charge is -2.38. The van der Waals surface area contributed by atoms with E-state index >= 15 is 0 Å². The third-order valence-corrected chi connectivity index (χ3v) is 4.82. The van der Waals surface area contributed by atoms with Crippen LogP contribution < -0.4 is 5.32 Å². The van der Waals surface area contributed by atoms with Crippen LogP contribution in [-0.4, -0.2) is 28.9 Å². The fraction of sp³-hybridized carbons (Fsp3) is 0.812. The lowest BCUT2D eigenvalue weighted by molar-refractivity contribution is -0.128. The number of hydrogen-bond acceptors (Lipinski definition) is 3. The summed E-state index contributed by atoms with van der Waals surface area (Å²) in [4.78, 5) is 26.0. The average molecular weight is 291 g/mol. The van der Waals surface area contributed by atoms with E-state index in [1.165, 1.54) is 0 Å². The Morgan fingerprint density at radius 2 is 1.90 bits per heavy atom. The van der Waals surface area contributed by atoms with Crippen molar-refractivity contribution in [1.82, 2.24) is 10.2 Å². The minimum Gasteiger partial charge on any atom is -0.310 e. The Labute approximate surface area is 126 Å². The molecule has 1 aliphatic carbocycles. The van der Waals surface area contributed by atoms with Crippen molar-refractivity contribution >= 4 is 11.9 Å². The minimum absolute atomic E-state index is 0.107. The number of carbonyl (C=O) groups excluding carboxylic acids is 2. The van der Waals surface area contributed by atoms with Crippen LogP contribution in [0, 0.1) is 16.7 Å². The number of carbonyl (C=O) groups is 2. The predicted octanol–water partition coefficient (Wildman–Crippen LogP) is 2.96. The van der Waals surface area contributed by atoms with Gasteiger partial charge in [0.15, 0.2) is 0 Å². The largest absolute Gasteiger partial charge is 0.325 e. The number of nitriles is 1. The summed E-state index contributed by atoms with van der Waals surface area (Å²) in [6.07, 6.45) is 7.30. The summed E-state index contributed by atoms with van der Waals surface area (Å²) in [5, 5.41) is 11.5. The second-order valence-electron chi connectivity index (χ2n) is 6.96. The Morgan fingerprint density at radius 1 is 1.24 bits per heavy atom. The number of rotatable bonds is 5. The molecule has 0 radical (unpaired) electrons. The third kappa shape index (κ3) is 3.20. The van der Waals surface area contributed by atoms with E-state index in [1.807, 2.05) is 13.8 Å². The highest BCUT2D eigenvalue weighted by Gasteiger charge is 2.52. The molecule has 116 valence electrons. The number of urea groups is 1. The molecule has 0 bridgehead atoms. The molecule has 1 saturated carbocycles. The molecule has 1 saturated heterocycles. The van der Waals surface area contributed by atoms with E-state index in [0.717, 1.165) is 51.4 Å². The van der Waals surface area contributed by atoms with Crippen LogP contribution in [0.4, 0.5) is 4.79 Å². The normalized spacial score (nSPS) is 21.5. The van der Waals surface area contributed by atoms with Gasteiger partial charge in [-0.15, -0.1) is 0 Å². The minimum atomic E-state index is -0.583. The molecule has 1 heterocycles. The number of unbranched alkanes of at least 4 members (excludes halogenated alkanes) is 1. The first-order valence-corrected chi connectivity index (χ1v) is 7.96. The number of nitrogens with zero attached hydrogens (tertiary/aromatic N) is 2. The number of nitrogens with one attached hydrogen (secondary N) is 1. The van der Waals surface area contributed by atoms with E-state index in [1.54, 1.807) is 4.90 Å². The van der Waals surface area contributed by atoms with Crippen LogP contribution in [0.1, 0.15) is 65.2 Å². The Hall–Kier alpha value is -1.57. The van der Waals surface area contributed by atoms with Gasteiger partial charge in [-0.05, 0) is 39.5 Å². The van der Waals surface area contributed by atoms with Gasteiger partial charge in [-0.3, -0.25) is 10.1 Å². The molecule has 21 heavy (non-hydrogen) atoms. The van der Waals surface area contributed by atoms with Gasteiger partial charge in [0, 0.05) is 6.54 Å². The zero-order chi connectivity index (χ0) is 15.5. The summed E-state index contributed by atoms with van der Waals surface area (Å²) in [5.41, 5.74) is -0.897. The molecule has 3 amide bonds. The number of hydrogen-bond donors (Lipinski definition) is 1. The Balaban J connectivity index is 1.93. The summed E-state index contributed by atoms with van der Waals surface area (Å²) in [7, 11) is 0. The SMILES string of the molecule is CC(C)(C#N)CCCCN1C(=O)NC(=O)C12CCCCC2. The van der Waals surface area contributed by atoms with Gasteiger partial charge >= 0.3 is 6.03 Å². The van der Waals surface area contributed by atoms with E-state index in [-0.39, 0.29) is 17.4 Å². The topological polar surface area (TPSA) is 73.2 Å². The molecule has 5 nitrogen and oxygen atoms in total. The lowest BCUT2D eigenvalue weighted by Crippen LogP contribution is -2.51. The summed E-state index contributed by atoms with van der Waals surface area (Å²) < 4.78 is 0. The van der Waals surface area contributed by atoms with E-state index < -0.39 is 5.54 Å². The fourth-order valence-electron chi connectivity index (χ4n) is 3.44.